The molecule has 6 heteroatoms. The van der Waals surface area contributed by atoms with Gasteiger partial charge in [-0.15, -0.1) is 11.3 Å². The van der Waals surface area contributed by atoms with Crippen LogP contribution in [0.25, 0.3) is 10.2 Å². The largest absolute Gasteiger partial charge is 0.344 e. The maximum atomic E-state index is 13.0. The van der Waals surface area contributed by atoms with Gasteiger partial charge in [-0.25, -0.2) is 4.98 Å². The highest BCUT2D eigenvalue weighted by Gasteiger charge is 2.29. The second kappa shape index (κ2) is 6.36. The number of thiophene rings is 1. The Balaban J connectivity index is 1.72. The Morgan fingerprint density at radius 3 is 2.92 bits per heavy atom. The van der Waals surface area contributed by atoms with E-state index in [9.17, 15) is 9.59 Å². The van der Waals surface area contributed by atoms with Crippen LogP contribution in [0.1, 0.15) is 45.7 Å². The van der Waals surface area contributed by atoms with Gasteiger partial charge in [0.15, 0.2) is 0 Å². The number of carbonyl (C=O) groups excluding carboxylic acids is 1. The average molecular weight is 367 g/mol. The first-order chi connectivity index (χ1) is 12.5. The van der Waals surface area contributed by atoms with E-state index in [4.69, 9.17) is 0 Å². The number of benzene rings is 1. The van der Waals surface area contributed by atoms with Crippen LogP contribution in [0.15, 0.2) is 35.4 Å². The van der Waals surface area contributed by atoms with Crippen molar-refractivity contribution in [1.82, 2.24) is 14.9 Å². The van der Waals surface area contributed by atoms with Crippen molar-refractivity contribution in [2.45, 2.75) is 32.7 Å². The fraction of sp³-hybridized carbons (Fsp3) is 0.350. The molecule has 4 rings (SSSR count). The number of rotatable bonds is 2. The zero-order valence-electron chi connectivity index (χ0n) is 15.1. The van der Waals surface area contributed by atoms with Crippen molar-refractivity contribution >= 4 is 27.5 Å². The highest BCUT2D eigenvalue weighted by Crippen LogP contribution is 2.35. The van der Waals surface area contributed by atoms with Crippen molar-refractivity contribution < 1.29 is 4.79 Å². The highest BCUT2D eigenvalue weighted by atomic mass is 32.1. The second-order valence-corrected chi connectivity index (χ2v) is 8.06. The van der Waals surface area contributed by atoms with Crippen LogP contribution in [-0.2, 0) is 13.5 Å². The standard InChI is InChI=1S/C20H21N3O2S/c1-11-8-9-13-6-4-5-7-14(13)16(11)22-18(24)17-12(2)15-19(26-17)21-10-23(3)20(15)25/h4-7,10-11,16H,8-9H2,1-3H3,(H,22,24)/t11-,16+/m1/s1. The number of aryl methyl sites for hydroxylation is 3. The summed E-state index contributed by atoms with van der Waals surface area (Å²) < 4.78 is 1.45. The zero-order valence-corrected chi connectivity index (χ0v) is 15.9. The third kappa shape index (κ3) is 2.65. The van der Waals surface area contributed by atoms with Gasteiger partial charge in [-0.1, -0.05) is 31.2 Å². The fourth-order valence-electron chi connectivity index (χ4n) is 3.77. The molecule has 0 saturated heterocycles. The molecule has 1 aliphatic carbocycles. The predicted octanol–water partition coefficient (Wildman–Crippen LogP) is 3.36. The van der Waals surface area contributed by atoms with Crippen LogP contribution >= 0.6 is 11.3 Å². The first kappa shape index (κ1) is 17.0. The van der Waals surface area contributed by atoms with Gasteiger partial charge in [-0.2, -0.15) is 0 Å². The van der Waals surface area contributed by atoms with Crippen molar-refractivity contribution in [3.05, 3.63) is 62.5 Å². The van der Waals surface area contributed by atoms with Gasteiger partial charge in [0.1, 0.15) is 4.83 Å². The van der Waals surface area contributed by atoms with E-state index in [-0.39, 0.29) is 17.5 Å². The lowest BCUT2D eigenvalue weighted by atomic mass is 9.80. The van der Waals surface area contributed by atoms with Crippen molar-refractivity contribution in [3.63, 3.8) is 0 Å². The van der Waals surface area contributed by atoms with Gasteiger partial charge in [0.2, 0.25) is 0 Å². The summed E-state index contributed by atoms with van der Waals surface area (Å²) in [5.74, 6) is 0.246. The van der Waals surface area contributed by atoms with E-state index in [1.54, 1.807) is 7.05 Å². The smallest absolute Gasteiger partial charge is 0.262 e. The van der Waals surface area contributed by atoms with Crippen molar-refractivity contribution in [1.29, 1.82) is 0 Å². The van der Waals surface area contributed by atoms with Crippen LogP contribution in [0.5, 0.6) is 0 Å². The Kier molecular flexibility index (Phi) is 4.15. The monoisotopic (exact) mass is 367 g/mol. The maximum absolute atomic E-state index is 13.0. The molecule has 0 aliphatic heterocycles. The molecule has 134 valence electrons. The lowest BCUT2D eigenvalue weighted by Gasteiger charge is -2.32. The molecule has 0 bridgehead atoms. The summed E-state index contributed by atoms with van der Waals surface area (Å²) in [5.41, 5.74) is 3.11. The minimum Gasteiger partial charge on any atom is -0.344 e. The van der Waals surface area contributed by atoms with Gasteiger partial charge >= 0.3 is 0 Å². The van der Waals surface area contributed by atoms with Crippen molar-refractivity contribution in [2.24, 2.45) is 13.0 Å². The van der Waals surface area contributed by atoms with Crippen LogP contribution in [0, 0.1) is 12.8 Å². The maximum Gasteiger partial charge on any atom is 0.262 e. The number of fused-ring (bicyclic) bond motifs is 2. The van der Waals surface area contributed by atoms with E-state index in [1.807, 2.05) is 19.1 Å². The average Bonchev–Trinajstić information content (AvgIpc) is 2.98. The molecule has 0 saturated carbocycles. The summed E-state index contributed by atoms with van der Waals surface area (Å²) in [6.07, 6.45) is 3.60. The molecule has 1 aliphatic rings. The van der Waals surface area contributed by atoms with E-state index >= 15 is 0 Å². The molecule has 2 heterocycles. The number of nitrogens with zero attached hydrogens (tertiary/aromatic N) is 2. The fourth-order valence-corrected chi connectivity index (χ4v) is 4.82. The third-order valence-electron chi connectivity index (χ3n) is 5.33. The Bertz CT molecular complexity index is 1070. The van der Waals surface area contributed by atoms with Crippen LogP contribution in [-0.4, -0.2) is 15.5 Å². The summed E-state index contributed by atoms with van der Waals surface area (Å²) in [6, 6.07) is 8.30. The summed E-state index contributed by atoms with van der Waals surface area (Å²) in [5, 5.41) is 3.76. The number of hydrogen-bond donors (Lipinski definition) is 1. The Morgan fingerprint density at radius 2 is 2.12 bits per heavy atom. The topological polar surface area (TPSA) is 64.0 Å². The molecular formula is C20H21N3O2S. The molecule has 3 aromatic rings. The molecule has 1 N–H and O–H groups in total. The van der Waals surface area contributed by atoms with Crippen molar-refractivity contribution in [2.75, 3.05) is 0 Å². The molecule has 1 aromatic carbocycles. The Labute approximate surface area is 155 Å². The van der Waals surface area contributed by atoms with Gasteiger partial charge in [-0.3, -0.25) is 9.59 Å². The zero-order chi connectivity index (χ0) is 18.4. The van der Waals surface area contributed by atoms with Gasteiger partial charge < -0.3 is 9.88 Å². The van der Waals surface area contributed by atoms with Crippen LogP contribution in [0.3, 0.4) is 0 Å². The number of carbonyl (C=O) groups is 1. The quantitative estimate of drug-likeness (QED) is 0.755. The first-order valence-corrected chi connectivity index (χ1v) is 9.62. The summed E-state index contributed by atoms with van der Waals surface area (Å²) in [4.78, 5) is 30.9. The molecule has 2 atom stereocenters. The molecule has 1 amide bonds. The van der Waals surface area contributed by atoms with E-state index in [2.05, 4.69) is 29.4 Å². The summed E-state index contributed by atoms with van der Waals surface area (Å²) >= 11 is 1.29. The lowest BCUT2D eigenvalue weighted by molar-refractivity contribution is 0.0923. The lowest BCUT2D eigenvalue weighted by Crippen LogP contribution is -2.35. The minimum absolute atomic E-state index is 0.00662. The summed E-state index contributed by atoms with van der Waals surface area (Å²) in [6.45, 7) is 4.01. The summed E-state index contributed by atoms with van der Waals surface area (Å²) in [7, 11) is 1.67. The van der Waals surface area contributed by atoms with Gasteiger partial charge in [0.05, 0.1) is 22.6 Å². The SMILES string of the molecule is Cc1c(C(=O)N[C@@H]2c3ccccc3CC[C@H]2C)sc2ncn(C)c(=O)c12. The number of aromatic nitrogens is 2. The van der Waals surface area contributed by atoms with E-state index in [0.29, 0.717) is 26.6 Å². The Hall–Kier alpha value is -2.47. The molecule has 26 heavy (non-hydrogen) atoms. The van der Waals surface area contributed by atoms with Crippen molar-refractivity contribution in [3.8, 4) is 0 Å². The number of nitrogens with one attached hydrogen (secondary N) is 1. The molecule has 0 radical (unpaired) electrons. The number of hydrogen-bond acceptors (Lipinski definition) is 4. The molecule has 0 unspecified atom stereocenters. The minimum atomic E-state index is -0.124. The normalized spacial score (nSPS) is 19.3. The van der Waals surface area contributed by atoms with Crippen LogP contribution in [0.4, 0.5) is 0 Å². The van der Waals surface area contributed by atoms with E-state index in [0.717, 1.165) is 12.8 Å². The molecular weight excluding hydrogens is 346 g/mol. The molecule has 5 nitrogen and oxygen atoms in total. The molecule has 0 fully saturated rings. The molecule has 0 spiro atoms. The molecule has 2 aromatic heterocycles. The third-order valence-corrected chi connectivity index (χ3v) is 6.53. The van der Waals surface area contributed by atoms with Crippen LogP contribution < -0.4 is 10.9 Å². The van der Waals surface area contributed by atoms with E-state index in [1.165, 1.54) is 33.4 Å². The van der Waals surface area contributed by atoms with Gasteiger partial charge in [0.25, 0.3) is 11.5 Å². The van der Waals surface area contributed by atoms with Crippen LogP contribution in [0.2, 0.25) is 0 Å². The number of amides is 1. The van der Waals surface area contributed by atoms with Gasteiger partial charge in [0, 0.05) is 7.05 Å². The first-order valence-electron chi connectivity index (χ1n) is 8.80. The second-order valence-electron chi connectivity index (χ2n) is 7.06. The Morgan fingerprint density at radius 1 is 1.35 bits per heavy atom. The highest BCUT2D eigenvalue weighted by molar-refractivity contribution is 7.20. The predicted molar refractivity (Wildman–Crippen MR) is 104 cm³/mol. The van der Waals surface area contributed by atoms with E-state index < -0.39 is 0 Å². The van der Waals surface area contributed by atoms with Gasteiger partial charge in [-0.05, 0) is 42.4 Å².